The first-order chi connectivity index (χ1) is 14.2. The van der Waals surface area contributed by atoms with Gasteiger partial charge in [-0.3, -0.25) is 9.47 Å². The lowest BCUT2D eigenvalue weighted by molar-refractivity contribution is 0.0203. The van der Waals surface area contributed by atoms with Crippen LogP contribution in [0.2, 0.25) is 45.3 Å². The van der Waals surface area contributed by atoms with Crippen LogP contribution in [0.1, 0.15) is 51.2 Å². The molecule has 2 heterocycles. The van der Waals surface area contributed by atoms with E-state index in [1.54, 1.807) is 0 Å². The van der Waals surface area contributed by atoms with Gasteiger partial charge in [-0.15, -0.1) is 5.54 Å². The Morgan fingerprint density at radius 1 is 1.23 bits per heavy atom. The molecule has 1 atom stereocenters. The van der Waals surface area contributed by atoms with E-state index >= 15 is 0 Å². The smallest absolute Gasteiger partial charge is 0.410 e. The number of hydrogen-bond donors (Lipinski definition) is 0. The van der Waals surface area contributed by atoms with Gasteiger partial charge in [-0.25, -0.2) is 9.78 Å². The van der Waals surface area contributed by atoms with Gasteiger partial charge in [0.05, 0.1) is 12.2 Å². The highest BCUT2D eigenvalue weighted by atomic mass is 28.3. The molecule has 1 saturated heterocycles. The number of carbonyl (C=O) groups is 1. The Hall–Kier alpha value is -1.57. The minimum Gasteiger partial charge on any atom is -0.444 e. The van der Waals surface area contributed by atoms with Crippen LogP contribution in [0.5, 0.6) is 0 Å². The fourth-order valence-electron chi connectivity index (χ4n) is 3.25. The van der Waals surface area contributed by atoms with E-state index in [2.05, 4.69) is 55.3 Å². The van der Waals surface area contributed by atoms with E-state index in [0.29, 0.717) is 13.3 Å². The number of amides is 1. The third kappa shape index (κ3) is 8.47. The number of aromatic nitrogens is 2. The minimum absolute atomic E-state index is 0.113. The molecule has 1 aliphatic rings. The predicted molar refractivity (Wildman–Crippen MR) is 131 cm³/mol. The number of likely N-dealkylation sites (tertiary alicyclic amines) is 1. The molecule has 6 nitrogen and oxygen atoms in total. The van der Waals surface area contributed by atoms with E-state index in [1.807, 2.05) is 31.9 Å². The molecule has 31 heavy (non-hydrogen) atoms. The first-order valence-electron chi connectivity index (χ1n) is 11.3. The molecule has 0 N–H and O–H groups in total. The summed E-state index contributed by atoms with van der Waals surface area (Å²) in [5.74, 6) is 4.19. The Kier molecular flexibility index (Phi) is 8.23. The highest BCUT2D eigenvalue weighted by Gasteiger charge is 2.36. The van der Waals surface area contributed by atoms with E-state index in [9.17, 15) is 4.79 Å². The molecule has 0 unspecified atom stereocenters. The van der Waals surface area contributed by atoms with Gasteiger partial charge < -0.3 is 9.47 Å². The van der Waals surface area contributed by atoms with Crippen LogP contribution < -0.4 is 0 Å². The largest absolute Gasteiger partial charge is 0.444 e. The van der Waals surface area contributed by atoms with Crippen molar-refractivity contribution in [1.29, 1.82) is 0 Å². The van der Waals surface area contributed by atoms with E-state index in [4.69, 9.17) is 14.5 Å². The van der Waals surface area contributed by atoms with Crippen LogP contribution in [0.15, 0.2) is 6.20 Å². The fourth-order valence-corrected chi connectivity index (χ4v) is 4.51. The fraction of sp³-hybridized carbons (Fsp3) is 0.739. The molecule has 0 spiro atoms. The topological polar surface area (TPSA) is 56.6 Å². The van der Waals surface area contributed by atoms with Gasteiger partial charge in [-0.2, -0.15) is 0 Å². The summed E-state index contributed by atoms with van der Waals surface area (Å²) in [7, 11) is -2.69. The monoisotopic (exact) mass is 463 g/mol. The van der Waals surface area contributed by atoms with Crippen LogP contribution in [0.3, 0.4) is 0 Å². The molecule has 0 saturated carbocycles. The van der Waals surface area contributed by atoms with Crippen LogP contribution in [0.4, 0.5) is 4.79 Å². The summed E-state index contributed by atoms with van der Waals surface area (Å²) in [5, 5.41) is 0. The normalized spacial score (nSPS) is 17.5. The van der Waals surface area contributed by atoms with Gasteiger partial charge in [0.15, 0.2) is 0 Å². The number of carbonyl (C=O) groups excluding carboxylic acids is 1. The van der Waals surface area contributed by atoms with Gasteiger partial charge in [0.2, 0.25) is 0 Å². The van der Waals surface area contributed by atoms with E-state index in [1.165, 1.54) is 0 Å². The second-order valence-corrected chi connectivity index (χ2v) is 22.0. The highest BCUT2D eigenvalue weighted by molar-refractivity contribution is 6.83. The molecule has 0 radical (unpaired) electrons. The maximum atomic E-state index is 12.8. The summed E-state index contributed by atoms with van der Waals surface area (Å²) in [4.78, 5) is 19.3. The van der Waals surface area contributed by atoms with Crippen LogP contribution >= 0.6 is 0 Å². The molecule has 0 bridgehead atoms. The van der Waals surface area contributed by atoms with Gasteiger partial charge >= 0.3 is 6.09 Å². The summed E-state index contributed by atoms with van der Waals surface area (Å²) >= 11 is 0. The molecule has 1 fully saturated rings. The number of ether oxygens (including phenoxy) is 2. The summed E-state index contributed by atoms with van der Waals surface area (Å²) in [6.45, 7) is 21.2. The number of imidazole rings is 1. The Balaban J connectivity index is 2.29. The SMILES string of the molecule is CC(C)(C)OC(=O)N1CCC[C@H]1c1ncc(C#C[Si](C)(C)C)n1COCC[Si](C)(C)C. The van der Waals surface area contributed by atoms with Crippen molar-refractivity contribution < 1.29 is 14.3 Å². The number of nitrogens with zero attached hydrogens (tertiary/aromatic N) is 3. The molecule has 174 valence electrons. The Morgan fingerprint density at radius 2 is 1.90 bits per heavy atom. The predicted octanol–water partition coefficient (Wildman–Crippen LogP) is 5.50. The standard InChI is InChI=1S/C23H41N3O3Si2/c1-23(2,3)29-22(27)25-13-10-11-20(25)21-24-17-19(12-15-30(4,5)6)26(21)18-28-14-16-31(7,8)9/h17,20H,10-11,13-14,16,18H2,1-9H3/t20-/m0/s1. The van der Waals surface area contributed by atoms with Crippen molar-refractivity contribution in [3.63, 3.8) is 0 Å². The first-order valence-corrected chi connectivity index (χ1v) is 18.5. The number of hydrogen-bond acceptors (Lipinski definition) is 4. The summed E-state index contributed by atoms with van der Waals surface area (Å²) in [5.41, 5.74) is 3.78. The van der Waals surface area contributed by atoms with Crippen molar-refractivity contribution in [2.45, 2.75) is 97.3 Å². The van der Waals surface area contributed by atoms with Crippen molar-refractivity contribution in [3.8, 4) is 11.5 Å². The quantitative estimate of drug-likeness (QED) is 0.318. The van der Waals surface area contributed by atoms with Crippen LogP contribution in [0, 0.1) is 11.5 Å². The highest BCUT2D eigenvalue weighted by Crippen LogP contribution is 2.33. The van der Waals surface area contributed by atoms with Crippen molar-refractivity contribution >= 4 is 22.2 Å². The third-order valence-corrected chi connectivity index (χ3v) is 7.43. The zero-order valence-electron chi connectivity index (χ0n) is 21.0. The van der Waals surface area contributed by atoms with E-state index in [0.717, 1.165) is 37.0 Å². The molecule has 1 amide bonds. The number of rotatable bonds is 6. The van der Waals surface area contributed by atoms with Crippen molar-refractivity contribution in [3.05, 3.63) is 17.7 Å². The molecule has 2 rings (SSSR count). The van der Waals surface area contributed by atoms with Crippen molar-refractivity contribution in [2.75, 3.05) is 13.2 Å². The molecule has 8 heteroatoms. The maximum Gasteiger partial charge on any atom is 0.410 e. The maximum absolute atomic E-state index is 12.8. The zero-order chi connectivity index (χ0) is 23.4. The van der Waals surface area contributed by atoms with Gasteiger partial charge in [-0.05, 0) is 39.7 Å². The van der Waals surface area contributed by atoms with Crippen LogP contribution in [-0.2, 0) is 16.2 Å². The minimum atomic E-state index is -1.53. The summed E-state index contributed by atoms with van der Waals surface area (Å²) in [6.07, 6.45) is 3.35. The lowest BCUT2D eigenvalue weighted by Gasteiger charge is -2.28. The molecule has 1 aliphatic heterocycles. The second-order valence-electron chi connectivity index (χ2n) is 11.6. The summed E-state index contributed by atoms with van der Waals surface area (Å²) < 4.78 is 13.8. The van der Waals surface area contributed by atoms with Gasteiger partial charge in [0.25, 0.3) is 0 Å². The van der Waals surface area contributed by atoms with Gasteiger partial charge in [0, 0.05) is 21.2 Å². The Morgan fingerprint density at radius 3 is 2.48 bits per heavy atom. The van der Waals surface area contributed by atoms with Crippen LogP contribution in [-0.4, -0.2) is 55.4 Å². The van der Waals surface area contributed by atoms with Crippen molar-refractivity contribution in [1.82, 2.24) is 14.5 Å². The molecule has 1 aromatic heterocycles. The molecule has 0 aromatic carbocycles. The van der Waals surface area contributed by atoms with Crippen molar-refractivity contribution in [2.24, 2.45) is 0 Å². The average molecular weight is 464 g/mol. The lowest BCUT2D eigenvalue weighted by Crippen LogP contribution is -2.37. The van der Waals surface area contributed by atoms with Crippen LogP contribution in [0.25, 0.3) is 0 Å². The molecular formula is C23H41N3O3Si2. The zero-order valence-corrected chi connectivity index (χ0v) is 23.0. The Bertz CT molecular complexity index is 820. The second kappa shape index (κ2) is 9.93. The van der Waals surface area contributed by atoms with E-state index in [-0.39, 0.29) is 12.1 Å². The average Bonchev–Trinajstić information content (AvgIpc) is 3.20. The first kappa shape index (κ1) is 25.7. The molecule has 1 aromatic rings. The molecule has 0 aliphatic carbocycles. The summed E-state index contributed by atoms with van der Waals surface area (Å²) in [6, 6.07) is 0.998. The molecular weight excluding hydrogens is 422 g/mol. The Labute approximate surface area is 190 Å². The van der Waals surface area contributed by atoms with Gasteiger partial charge in [-0.1, -0.05) is 45.2 Å². The third-order valence-electron chi connectivity index (χ3n) is 4.85. The van der Waals surface area contributed by atoms with Gasteiger partial charge in [0.1, 0.15) is 31.9 Å². The lowest BCUT2D eigenvalue weighted by atomic mass is 10.2. The van der Waals surface area contributed by atoms with E-state index < -0.39 is 21.7 Å².